The molecule has 2 heteroatoms. The van der Waals surface area contributed by atoms with Gasteiger partial charge in [0.05, 0.1) is 0 Å². The third-order valence-electron chi connectivity index (χ3n) is 3.05. The van der Waals surface area contributed by atoms with Gasteiger partial charge >= 0.3 is 0 Å². The van der Waals surface area contributed by atoms with E-state index in [9.17, 15) is 4.39 Å². The van der Waals surface area contributed by atoms with Gasteiger partial charge in [-0.05, 0) is 29.7 Å². The average Bonchev–Trinajstić information content (AvgIpc) is 2.41. The fraction of sp³-hybridized carbons (Fsp3) is 0.250. The Morgan fingerprint density at radius 1 is 1.06 bits per heavy atom. The van der Waals surface area contributed by atoms with Crippen molar-refractivity contribution in [2.75, 3.05) is 0 Å². The average molecular weight is 243 g/mol. The second-order valence-electron chi connectivity index (χ2n) is 4.38. The van der Waals surface area contributed by atoms with Gasteiger partial charge in [-0.1, -0.05) is 49.4 Å². The van der Waals surface area contributed by atoms with Crippen LogP contribution in [0.3, 0.4) is 0 Å². The molecule has 1 N–H and O–H groups in total. The zero-order chi connectivity index (χ0) is 12.8. The molecule has 18 heavy (non-hydrogen) atoms. The summed E-state index contributed by atoms with van der Waals surface area (Å²) in [6, 6.07) is 17.4. The van der Waals surface area contributed by atoms with Crippen LogP contribution < -0.4 is 5.32 Å². The molecule has 0 radical (unpaired) electrons. The number of hydrogen-bond donors (Lipinski definition) is 1. The Labute approximate surface area is 108 Å². The monoisotopic (exact) mass is 243 g/mol. The highest BCUT2D eigenvalue weighted by molar-refractivity contribution is 5.20. The first-order valence-corrected chi connectivity index (χ1v) is 6.32. The van der Waals surface area contributed by atoms with Crippen LogP contribution in [0, 0.1) is 5.82 Å². The molecule has 0 fully saturated rings. The van der Waals surface area contributed by atoms with Crippen molar-refractivity contribution < 1.29 is 4.39 Å². The predicted octanol–water partition coefficient (Wildman–Crippen LogP) is 4.07. The molecule has 0 bridgehead atoms. The summed E-state index contributed by atoms with van der Waals surface area (Å²) in [5, 5.41) is 3.46. The van der Waals surface area contributed by atoms with Crippen LogP contribution in [-0.2, 0) is 6.54 Å². The SMILES string of the molecule is CCC(NCc1cccc(F)c1)c1ccccc1. The summed E-state index contributed by atoms with van der Waals surface area (Å²) >= 11 is 0. The number of halogens is 1. The Kier molecular flexibility index (Phi) is 4.48. The Morgan fingerprint density at radius 2 is 1.83 bits per heavy atom. The van der Waals surface area contributed by atoms with Crippen molar-refractivity contribution in [2.45, 2.75) is 25.9 Å². The Bertz CT molecular complexity index is 481. The first kappa shape index (κ1) is 12.8. The van der Waals surface area contributed by atoms with E-state index < -0.39 is 0 Å². The van der Waals surface area contributed by atoms with Gasteiger partial charge in [0.15, 0.2) is 0 Å². The second kappa shape index (κ2) is 6.31. The van der Waals surface area contributed by atoms with Crippen molar-refractivity contribution >= 4 is 0 Å². The van der Waals surface area contributed by atoms with Crippen LogP contribution in [0.15, 0.2) is 54.6 Å². The molecule has 2 aromatic rings. The van der Waals surface area contributed by atoms with Crippen LogP contribution in [0.25, 0.3) is 0 Å². The number of nitrogens with one attached hydrogen (secondary N) is 1. The van der Waals surface area contributed by atoms with E-state index in [1.54, 1.807) is 12.1 Å². The normalized spacial score (nSPS) is 12.3. The third kappa shape index (κ3) is 3.41. The van der Waals surface area contributed by atoms with E-state index in [1.165, 1.54) is 11.6 Å². The van der Waals surface area contributed by atoms with Gasteiger partial charge in [-0.25, -0.2) is 4.39 Å². The zero-order valence-corrected chi connectivity index (χ0v) is 10.6. The Balaban J connectivity index is 2.00. The first-order valence-electron chi connectivity index (χ1n) is 6.32. The van der Waals surface area contributed by atoms with Crippen molar-refractivity contribution in [3.63, 3.8) is 0 Å². The van der Waals surface area contributed by atoms with Gasteiger partial charge in [0.2, 0.25) is 0 Å². The number of hydrogen-bond acceptors (Lipinski definition) is 1. The highest BCUT2D eigenvalue weighted by atomic mass is 19.1. The van der Waals surface area contributed by atoms with Crippen molar-refractivity contribution in [1.29, 1.82) is 0 Å². The van der Waals surface area contributed by atoms with E-state index in [-0.39, 0.29) is 5.82 Å². The molecular formula is C16H18FN. The van der Waals surface area contributed by atoms with Crippen LogP contribution in [-0.4, -0.2) is 0 Å². The lowest BCUT2D eigenvalue weighted by Gasteiger charge is -2.17. The smallest absolute Gasteiger partial charge is 0.123 e. The molecule has 0 saturated carbocycles. The van der Waals surface area contributed by atoms with Crippen molar-refractivity contribution in [3.05, 3.63) is 71.5 Å². The summed E-state index contributed by atoms with van der Waals surface area (Å²) in [5.41, 5.74) is 2.25. The van der Waals surface area contributed by atoms with Crippen LogP contribution in [0.2, 0.25) is 0 Å². The zero-order valence-electron chi connectivity index (χ0n) is 10.6. The van der Waals surface area contributed by atoms with Gasteiger partial charge in [0, 0.05) is 12.6 Å². The minimum Gasteiger partial charge on any atom is -0.306 e. The molecule has 0 amide bonds. The lowest BCUT2D eigenvalue weighted by Crippen LogP contribution is -2.20. The van der Waals surface area contributed by atoms with Gasteiger partial charge < -0.3 is 5.32 Å². The van der Waals surface area contributed by atoms with Gasteiger partial charge in [0.1, 0.15) is 5.82 Å². The topological polar surface area (TPSA) is 12.0 Å². The van der Waals surface area contributed by atoms with E-state index in [1.807, 2.05) is 24.3 Å². The Morgan fingerprint density at radius 3 is 2.50 bits per heavy atom. The highest BCUT2D eigenvalue weighted by Gasteiger charge is 2.07. The molecule has 0 aliphatic carbocycles. The quantitative estimate of drug-likeness (QED) is 0.834. The standard InChI is InChI=1S/C16H18FN/c1-2-16(14-8-4-3-5-9-14)18-12-13-7-6-10-15(17)11-13/h3-11,16,18H,2,12H2,1H3. The summed E-state index contributed by atoms with van der Waals surface area (Å²) in [6.07, 6.45) is 1.01. The molecule has 0 saturated heterocycles. The molecule has 2 aromatic carbocycles. The van der Waals surface area contributed by atoms with Gasteiger partial charge in [0.25, 0.3) is 0 Å². The molecule has 1 nitrogen and oxygen atoms in total. The van der Waals surface area contributed by atoms with Crippen molar-refractivity contribution in [2.24, 2.45) is 0 Å². The van der Waals surface area contributed by atoms with Gasteiger partial charge in [-0.2, -0.15) is 0 Å². The van der Waals surface area contributed by atoms with E-state index in [0.717, 1.165) is 12.0 Å². The van der Waals surface area contributed by atoms with Crippen LogP contribution in [0.5, 0.6) is 0 Å². The summed E-state index contributed by atoms with van der Waals surface area (Å²) in [5.74, 6) is -0.179. The maximum atomic E-state index is 13.1. The van der Waals surface area contributed by atoms with E-state index >= 15 is 0 Å². The Hall–Kier alpha value is -1.67. The largest absolute Gasteiger partial charge is 0.306 e. The second-order valence-corrected chi connectivity index (χ2v) is 4.38. The lowest BCUT2D eigenvalue weighted by molar-refractivity contribution is 0.517. The summed E-state index contributed by atoms with van der Waals surface area (Å²) in [4.78, 5) is 0. The summed E-state index contributed by atoms with van der Waals surface area (Å²) in [7, 11) is 0. The van der Waals surface area contributed by atoms with Crippen LogP contribution >= 0.6 is 0 Å². The first-order chi connectivity index (χ1) is 8.79. The maximum Gasteiger partial charge on any atom is 0.123 e. The van der Waals surface area contributed by atoms with E-state index in [0.29, 0.717) is 12.6 Å². The van der Waals surface area contributed by atoms with Gasteiger partial charge in [-0.15, -0.1) is 0 Å². The molecule has 0 spiro atoms. The molecule has 0 heterocycles. The minimum atomic E-state index is -0.179. The lowest BCUT2D eigenvalue weighted by atomic mass is 10.0. The number of benzene rings is 2. The molecule has 1 atom stereocenters. The molecule has 0 aliphatic heterocycles. The third-order valence-corrected chi connectivity index (χ3v) is 3.05. The number of rotatable bonds is 5. The fourth-order valence-electron chi connectivity index (χ4n) is 2.07. The molecule has 0 aromatic heterocycles. The summed E-state index contributed by atoms with van der Waals surface area (Å²) < 4.78 is 13.1. The van der Waals surface area contributed by atoms with E-state index in [2.05, 4.69) is 24.4 Å². The molecular weight excluding hydrogens is 225 g/mol. The van der Waals surface area contributed by atoms with Gasteiger partial charge in [-0.3, -0.25) is 0 Å². The molecule has 1 unspecified atom stereocenters. The van der Waals surface area contributed by atoms with Crippen molar-refractivity contribution in [1.82, 2.24) is 5.32 Å². The molecule has 0 aliphatic rings. The maximum absolute atomic E-state index is 13.1. The van der Waals surface area contributed by atoms with E-state index in [4.69, 9.17) is 0 Å². The van der Waals surface area contributed by atoms with Crippen molar-refractivity contribution in [3.8, 4) is 0 Å². The molecule has 2 rings (SSSR count). The predicted molar refractivity (Wildman–Crippen MR) is 72.7 cm³/mol. The van der Waals surface area contributed by atoms with Crippen LogP contribution in [0.1, 0.15) is 30.5 Å². The summed E-state index contributed by atoms with van der Waals surface area (Å²) in [6.45, 7) is 2.83. The van der Waals surface area contributed by atoms with Crippen LogP contribution in [0.4, 0.5) is 4.39 Å². The molecule has 94 valence electrons. The minimum absolute atomic E-state index is 0.179. The fourth-order valence-corrected chi connectivity index (χ4v) is 2.07. The highest BCUT2D eigenvalue weighted by Crippen LogP contribution is 2.16.